The highest BCUT2D eigenvalue weighted by atomic mass is 16.4. The Morgan fingerprint density at radius 1 is 1.42 bits per heavy atom. The number of nitrogens with zero attached hydrogens (tertiary/aromatic N) is 3. The number of nitrogens with one attached hydrogen (secondary N) is 1. The fourth-order valence-corrected chi connectivity index (χ4v) is 3.10. The molecule has 3 aromatic rings. The van der Waals surface area contributed by atoms with Crippen molar-refractivity contribution in [2.24, 2.45) is 13.0 Å². The van der Waals surface area contributed by atoms with Crippen LogP contribution in [0, 0.1) is 5.92 Å². The van der Waals surface area contributed by atoms with Crippen LogP contribution in [0.4, 0.5) is 5.69 Å². The van der Waals surface area contributed by atoms with E-state index in [9.17, 15) is 9.59 Å². The molecule has 24 heavy (non-hydrogen) atoms. The lowest BCUT2D eigenvalue weighted by molar-refractivity contribution is 0.102. The van der Waals surface area contributed by atoms with Crippen molar-refractivity contribution in [1.29, 1.82) is 0 Å². The Balaban J connectivity index is 1.59. The number of anilines is 1. The lowest BCUT2D eigenvalue weighted by Crippen LogP contribution is -2.16. The molecular formula is C17H18N4O3. The van der Waals surface area contributed by atoms with Gasteiger partial charge in [0.2, 0.25) is 0 Å². The number of rotatable bonds is 2. The third kappa shape index (κ3) is 2.42. The van der Waals surface area contributed by atoms with Gasteiger partial charge in [0.25, 0.3) is 5.91 Å². The Morgan fingerprint density at radius 2 is 2.25 bits per heavy atom. The number of amides is 1. The fraction of sp³-hybridized carbons (Fsp3) is 0.353. The molecule has 1 atom stereocenters. The van der Waals surface area contributed by atoms with Crippen LogP contribution in [-0.4, -0.2) is 20.0 Å². The third-order valence-electron chi connectivity index (χ3n) is 4.54. The lowest BCUT2D eigenvalue weighted by Gasteiger charge is -2.18. The maximum atomic E-state index is 12.4. The van der Waals surface area contributed by atoms with Gasteiger partial charge >= 0.3 is 5.76 Å². The van der Waals surface area contributed by atoms with Crippen molar-refractivity contribution in [1.82, 2.24) is 14.1 Å². The predicted octanol–water partition coefficient (Wildman–Crippen LogP) is 2.16. The minimum atomic E-state index is -0.427. The molecule has 7 nitrogen and oxygen atoms in total. The van der Waals surface area contributed by atoms with E-state index in [1.54, 1.807) is 31.4 Å². The SMILES string of the molecule is CC1CCn2cc(C(=O)Nc3ccc4c(c3)oc(=O)n4C)nc2C1. The molecule has 1 unspecified atom stereocenters. The minimum absolute atomic E-state index is 0.262. The van der Waals surface area contributed by atoms with Gasteiger partial charge in [-0.15, -0.1) is 0 Å². The molecule has 7 heteroatoms. The molecule has 3 heterocycles. The van der Waals surface area contributed by atoms with E-state index >= 15 is 0 Å². The van der Waals surface area contributed by atoms with Crippen LogP contribution in [0.2, 0.25) is 0 Å². The maximum absolute atomic E-state index is 12.4. The number of fused-ring (bicyclic) bond motifs is 2. The zero-order valence-electron chi connectivity index (χ0n) is 13.6. The molecule has 0 saturated carbocycles. The molecule has 2 aromatic heterocycles. The van der Waals surface area contributed by atoms with E-state index < -0.39 is 5.76 Å². The summed E-state index contributed by atoms with van der Waals surface area (Å²) < 4.78 is 8.61. The Kier molecular flexibility index (Phi) is 3.30. The summed E-state index contributed by atoms with van der Waals surface area (Å²) in [6.45, 7) is 3.10. The molecule has 124 valence electrons. The van der Waals surface area contributed by atoms with Gasteiger partial charge < -0.3 is 14.3 Å². The van der Waals surface area contributed by atoms with Crippen molar-refractivity contribution in [3.63, 3.8) is 0 Å². The first-order valence-corrected chi connectivity index (χ1v) is 7.98. The van der Waals surface area contributed by atoms with Crippen molar-refractivity contribution < 1.29 is 9.21 Å². The first kappa shape index (κ1) is 14.7. The molecule has 0 fully saturated rings. The zero-order chi connectivity index (χ0) is 16.8. The predicted molar refractivity (Wildman–Crippen MR) is 89.1 cm³/mol. The Morgan fingerprint density at radius 3 is 3.08 bits per heavy atom. The molecule has 1 aromatic carbocycles. The van der Waals surface area contributed by atoms with Gasteiger partial charge in [-0.05, 0) is 24.5 Å². The average Bonchev–Trinajstić information content (AvgIpc) is 3.08. The van der Waals surface area contributed by atoms with Crippen LogP contribution in [0.3, 0.4) is 0 Å². The first-order chi connectivity index (χ1) is 11.5. The third-order valence-corrected chi connectivity index (χ3v) is 4.54. The summed E-state index contributed by atoms with van der Waals surface area (Å²) in [7, 11) is 1.64. The van der Waals surface area contributed by atoms with E-state index in [0.29, 0.717) is 28.4 Å². The fourth-order valence-electron chi connectivity index (χ4n) is 3.10. The van der Waals surface area contributed by atoms with Gasteiger partial charge in [-0.25, -0.2) is 9.78 Å². The number of aryl methyl sites for hydroxylation is 2. The molecule has 0 aliphatic carbocycles. The molecule has 0 bridgehead atoms. The molecule has 0 spiro atoms. The van der Waals surface area contributed by atoms with E-state index in [1.807, 2.05) is 4.57 Å². The molecule has 0 radical (unpaired) electrons. The Labute approximate surface area is 137 Å². The summed E-state index contributed by atoms with van der Waals surface area (Å²) in [5.74, 6) is 0.870. The van der Waals surface area contributed by atoms with Crippen molar-refractivity contribution >= 4 is 22.7 Å². The Hall–Kier alpha value is -2.83. The van der Waals surface area contributed by atoms with E-state index in [1.165, 1.54) is 4.57 Å². The topological polar surface area (TPSA) is 82.1 Å². The highest BCUT2D eigenvalue weighted by Crippen LogP contribution is 2.21. The quantitative estimate of drug-likeness (QED) is 0.782. The van der Waals surface area contributed by atoms with E-state index in [2.05, 4.69) is 17.2 Å². The number of oxazole rings is 1. The van der Waals surface area contributed by atoms with Crippen LogP contribution in [0.5, 0.6) is 0 Å². The van der Waals surface area contributed by atoms with Crippen LogP contribution >= 0.6 is 0 Å². The number of imidazole rings is 1. The molecular weight excluding hydrogens is 308 g/mol. The van der Waals surface area contributed by atoms with Gasteiger partial charge in [-0.1, -0.05) is 6.92 Å². The van der Waals surface area contributed by atoms with Crippen molar-refractivity contribution in [3.8, 4) is 0 Å². The standard InChI is InChI=1S/C17H18N4O3/c1-10-5-6-21-9-12(19-15(21)7-10)16(22)18-11-3-4-13-14(8-11)24-17(23)20(13)2/h3-4,8-10H,5-7H2,1-2H3,(H,18,22). The average molecular weight is 326 g/mol. The van der Waals surface area contributed by atoms with Crippen molar-refractivity contribution in [3.05, 3.63) is 46.5 Å². The molecule has 1 N–H and O–H groups in total. The zero-order valence-corrected chi connectivity index (χ0v) is 13.6. The lowest BCUT2D eigenvalue weighted by atomic mass is 10.0. The first-order valence-electron chi connectivity index (χ1n) is 7.98. The number of hydrogen-bond acceptors (Lipinski definition) is 4. The second-order valence-electron chi connectivity index (χ2n) is 6.40. The summed E-state index contributed by atoms with van der Waals surface area (Å²) in [5, 5.41) is 2.81. The van der Waals surface area contributed by atoms with Crippen LogP contribution in [0.15, 0.2) is 33.6 Å². The highest BCUT2D eigenvalue weighted by molar-refractivity contribution is 6.03. The summed E-state index contributed by atoms with van der Waals surface area (Å²) in [6.07, 6.45) is 3.81. The van der Waals surface area contributed by atoms with Gasteiger partial charge in [0.05, 0.1) is 5.52 Å². The van der Waals surface area contributed by atoms with E-state index in [4.69, 9.17) is 4.42 Å². The molecule has 1 amide bonds. The van der Waals surface area contributed by atoms with Gasteiger partial charge in [-0.2, -0.15) is 0 Å². The number of carbonyl (C=O) groups is 1. The molecule has 4 rings (SSSR count). The summed E-state index contributed by atoms with van der Waals surface area (Å²) in [4.78, 5) is 28.4. The van der Waals surface area contributed by atoms with E-state index in [-0.39, 0.29) is 5.91 Å². The maximum Gasteiger partial charge on any atom is 0.419 e. The van der Waals surface area contributed by atoms with Gasteiger partial charge in [-0.3, -0.25) is 9.36 Å². The smallest absolute Gasteiger partial charge is 0.408 e. The van der Waals surface area contributed by atoms with Crippen LogP contribution in [0.25, 0.3) is 11.1 Å². The summed E-state index contributed by atoms with van der Waals surface area (Å²) >= 11 is 0. The molecule has 1 aliphatic heterocycles. The summed E-state index contributed by atoms with van der Waals surface area (Å²) in [5.41, 5.74) is 2.11. The second kappa shape index (κ2) is 5.36. The van der Waals surface area contributed by atoms with Gasteiger partial charge in [0, 0.05) is 38.0 Å². The van der Waals surface area contributed by atoms with Crippen molar-refractivity contribution in [2.45, 2.75) is 26.3 Å². The van der Waals surface area contributed by atoms with Gasteiger partial charge in [0.15, 0.2) is 5.58 Å². The van der Waals surface area contributed by atoms with Crippen LogP contribution < -0.4 is 11.1 Å². The molecule has 1 aliphatic rings. The number of carbonyl (C=O) groups excluding carboxylic acids is 1. The minimum Gasteiger partial charge on any atom is -0.408 e. The number of aromatic nitrogens is 3. The number of hydrogen-bond donors (Lipinski definition) is 1. The second-order valence-corrected chi connectivity index (χ2v) is 6.40. The Bertz CT molecular complexity index is 995. The van der Waals surface area contributed by atoms with Gasteiger partial charge in [0.1, 0.15) is 11.5 Å². The summed E-state index contributed by atoms with van der Waals surface area (Å²) in [6, 6.07) is 5.13. The van der Waals surface area contributed by atoms with Crippen LogP contribution in [-0.2, 0) is 20.0 Å². The molecule has 0 saturated heterocycles. The van der Waals surface area contributed by atoms with Crippen LogP contribution in [0.1, 0.15) is 29.7 Å². The normalized spacial score (nSPS) is 17.0. The van der Waals surface area contributed by atoms with Crippen molar-refractivity contribution in [2.75, 3.05) is 5.32 Å². The highest BCUT2D eigenvalue weighted by Gasteiger charge is 2.20. The largest absolute Gasteiger partial charge is 0.419 e. The number of benzene rings is 1. The monoisotopic (exact) mass is 326 g/mol. The van der Waals surface area contributed by atoms with E-state index in [0.717, 1.165) is 25.2 Å².